The van der Waals surface area contributed by atoms with E-state index in [1.165, 1.54) is 39.2 Å². The molecule has 6 nitrogen and oxygen atoms in total. The Hall–Kier alpha value is -3.02. The summed E-state index contributed by atoms with van der Waals surface area (Å²) in [6.45, 7) is 5.66. The molecule has 2 N–H and O–H groups in total. The van der Waals surface area contributed by atoms with Crippen molar-refractivity contribution >= 4 is 17.5 Å². The molecular formula is C28H40N2O4. The zero-order valence-electron chi connectivity index (χ0n) is 21.0. The Labute approximate surface area is 204 Å². The third-order valence-corrected chi connectivity index (χ3v) is 5.66. The van der Waals surface area contributed by atoms with Crippen molar-refractivity contribution in [2.75, 3.05) is 25.6 Å². The highest BCUT2D eigenvalue weighted by Gasteiger charge is 2.14. The van der Waals surface area contributed by atoms with Crippen LogP contribution in [0, 0.1) is 0 Å². The van der Waals surface area contributed by atoms with Gasteiger partial charge in [-0.2, -0.15) is 0 Å². The molecule has 0 aromatic heterocycles. The van der Waals surface area contributed by atoms with Crippen LogP contribution in [0.1, 0.15) is 92.4 Å². The second-order valence-electron chi connectivity index (χ2n) is 8.47. The van der Waals surface area contributed by atoms with Crippen LogP contribution < -0.4 is 20.1 Å². The molecule has 0 aliphatic carbocycles. The SMILES string of the molecule is CCCCCCCCOc1ccc(C(=O)Nc2cc(C(=O)NCCCCC)ccc2OC)cc1. The number of unbranched alkanes of at least 4 members (excludes halogenated alkanes) is 7. The van der Waals surface area contributed by atoms with Gasteiger partial charge in [0.25, 0.3) is 11.8 Å². The first-order valence-corrected chi connectivity index (χ1v) is 12.6. The summed E-state index contributed by atoms with van der Waals surface area (Å²) in [5, 5.41) is 5.78. The maximum absolute atomic E-state index is 12.8. The summed E-state index contributed by atoms with van der Waals surface area (Å²) in [4.78, 5) is 25.2. The van der Waals surface area contributed by atoms with Gasteiger partial charge in [0.05, 0.1) is 19.4 Å². The van der Waals surface area contributed by atoms with Crippen LogP contribution in [0.15, 0.2) is 42.5 Å². The van der Waals surface area contributed by atoms with E-state index in [2.05, 4.69) is 24.5 Å². The van der Waals surface area contributed by atoms with Gasteiger partial charge in [0.1, 0.15) is 11.5 Å². The van der Waals surface area contributed by atoms with Crippen LogP contribution in [0.4, 0.5) is 5.69 Å². The van der Waals surface area contributed by atoms with Crippen LogP contribution >= 0.6 is 0 Å². The van der Waals surface area contributed by atoms with E-state index in [0.29, 0.717) is 35.7 Å². The summed E-state index contributed by atoms with van der Waals surface area (Å²) in [5.74, 6) is 0.807. The first-order chi connectivity index (χ1) is 16.6. The molecule has 2 amide bonds. The van der Waals surface area contributed by atoms with E-state index in [1.807, 2.05) is 12.1 Å². The first kappa shape index (κ1) is 27.2. The van der Waals surface area contributed by atoms with Crippen LogP contribution in [0.25, 0.3) is 0 Å². The van der Waals surface area contributed by atoms with Crippen molar-refractivity contribution in [3.63, 3.8) is 0 Å². The Kier molecular flexibility index (Phi) is 12.6. The molecule has 0 spiro atoms. The van der Waals surface area contributed by atoms with Crippen molar-refractivity contribution < 1.29 is 19.1 Å². The summed E-state index contributed by atoms with van der Waals surface area (Å²) in [5.41, 5.74) is 1.44. The van der Waals surface area contributed by atoms with Gasteiger partial charge in [-0.05, 0) is 55.3 Å². The lowest BCUT2D eigenvalue weighted by Gasteiger charge is -2.13. The Morgan fingerprint density at radius 2 is 1.41 bits per heavy atom. The standard InChI is InChI=1S/C28H40N2O4/c1-4-6-8-9-10-12-20-34-24-16-13-22(14-17-24)28(32)30-25-21-23(15-18-26(25)33-3)27(31)29-19-11-7-5-2/h13-18,21H,4-12,19-20H2,1-3H3,(H,29,31)(H,30,32). The van der Waals surface area contributed by atoms with Gasteiger partial charge in [-0.25, -0.2) is 0 Å². The van der Waals surface area contributed by atoms with Crippen molar-refractivity contribution in [2.24, 2.45) is 0 Å². The molecule has 0 bridgehead atoms. The second kappa shape index (κ2) is 15.8. The van der Waals surface area contributed by atoms with Crippen molar-refractivity contribution in [2.45, 2.75) is 71.6 Å². The predicted octanol–water partition coefficient (Wildman–Crippen LogP) is 6.61. The highest BCUT2D eigenvalue weighted by atomic mass is 16.5. The van der Waals surface area contributed by atoms with E-state index in [-0.39, 0.29) is 11.8 Å². The molecule has 0 saturated carbocycles. The molecule has 0 heterocycles. The number of benzene rings is 2. The summed E-state index contributed by atoms with van der Waals surface area (Å²) in [6.07, 6.45) is 10.4. The summed E-state index contributed by atoms with van der Waals surface area (Å²) in [6, 6.07) is 12.1. The topological polar surface area (TPSA) is 76.7 Å². The third kappa shape index (κ3) is 9.46. The molecule has 186 valence electrons. The second-order valence-corrected chi connectivity index (χ2v) is 8.47. The minimum atomic E-state index is -0.277. The normalized spacial score (nSPS) is 10.6. The Bertz CT molecular complexity index is 880. The Morgan fingerprint density at radius 1 is 0.765 bits per heavy atom. The maximum atomic E-state index is 12.8. The van der Waals surface area contributed by atoms with Crippen molar-refractivity contribution in [1.29, 1.82) is 0 Å². The molecule has 0 fully saturated rings. The summed E-state index contributed by atoms with van der Waals surface area (Å²) < 4.78 is 11.2. The van der Waals surface area contributed by atoms with Crippen molar-refractivity contribution in [3.05, 3.63) is 53.6 Å². The minimum Gasteiger partial charge on any atom is -0.495 e. The predicted molar refractivity (Wildman–Crippen MR) is 138 cm³/mol. The van der Waals surface area contributed by atoms with Crippen LogP contribution in [0.3, 0.4) is 0 Å². The number of rotatable bonds is 16. The molecule has 2 aromatic carbocycles. The van der Waals surface area contributed by atoms with Gasteiger partial charge in [-0.3, -0.25) is 9.59 Å². The number of anilines is 1. The molecule has 0 unspecified atom stereocenters. The minimum absolute atomic E-state index is 0.166. The van der Waals surface area contributed by atoms with E-state index in [4.69, 9.17) is 9.47 Å². The van der Waals surface area contributed by atoms with E-state index >= 15 is 0 Å². The Morgan fingerprint density at radius 3 is 2.12 bits per heavy atom. The highest BCUT2D eigenvalue weighted by Crippen LogP contribution is 2.26. The number of methoxy groups -OCH3 is 1. The maximum Gasteiger partial charge on any atom is 0.255 e. The largest absolute Gasteiger partial charge is 0.495 e. The quantitative estimate of drug-likeness (QED) is 0.272. The summed E-state index contributed by atoms with van der Waals surface area (Å²) in [7, 11) is 1.53. The molecule has 2 aromatic rings. The van der Waals surface area contributed by atoms with E-state index in [9.17, 15) is 9.59 Å². The molecular weight excluding hydrogens is 428 g/mol. The average molecular weight is 469 g/mol. The highest BCUT2D eigenvalue weighted by molar-refractivity contribution is 6.06. The lowest BCUT2D eigenvalue weighted by Crippen LogP contribution is -2.24. The fraction of sp³-hybridized carbons (Fsp3) is 0.500. The van der Waals surface area contributed by atoms with Crippen molar-refractivity contribution in [3.8, 4) is 11.5 Å². The number of hydrogen-bond donors (Lipinski definition) is 2. The molecule has 2 rings (SSSR count). The van der Waals surface area contributed by atoms with Gasteiger partial charge in [0.2, 0.25) is 0 Å². The lowest BCUT2D eigenvalue weighted by molar-refractivity contribution is 0.0951. The van der Waals surface area contributed by atoms with E-state index in [0.717, 1.165) is 31.4 Å². The van der Waals surface area contributed by atoms with Gasteiger partial charge in [0.15, 0.2) is 0 Å². The lowest BCUT2D eigenvalue weighted by atomic mass is 10.1. The van der Waals surface area contributed by atoms with Crippen LogP contribution in [-0.2, 0) is 0 Å². The fourth-order valence-corrected chi connectivity index (χ4v) is 3.60. The van der Waals surface area contributed by atoms with Crippen LogP contribution in [0.5, 0.6) is 11.5 Å². The zero-order chi connectivity index (χ0) is 24.6. The Balaban J connectivity index is 1.90. The van der Waals surface area contributed by atoms with Gasteiger partial charge in [-0.1, -0.05) is 58.8 Å². The van der Waals surface area contributed by atoms with Gasteiger partial charge in [-0.15, -0.1) is 0 Å². The van der Waals surface area contributed by atoms with Crippen LogP contribution in [-0.4, -0.2) is 32.1 Å². The summed E-state index contributed by atoms with van der Waals surface area (Å²) >= 11 is 0. The van der Waals surface area contributed by atoms with Gasteiger partial charge in [0, 0.05) is 17.7 Å². The molecule has 0 aliphatic rings. The molecule has 0 saturated heterocycles. The number of carbonyl (C=O) groups is 2. The molecule has 0 atom stereocenters. The number of carbonyl (C=O) groups excluding carboxylic acids is 2. The van der Waals surface area contributed by atoms with Crippen molar-refractivity contribution in [1.82, 2.24) is 5.32 Å². The first-order valence-electron chi connectivity index (χ1n) is 12.6. The number of ether oxygens (including phenoxy) is 2. The number of amides is 2. The molecule has 0 aliphatic heterocycles. The van der Waals surface area contributed by atoms with Gasteiger partial charge >= 0.3 is 0 Å². The number of hydrogen-bond acceptors (Lipinski definition) is 4. The fourth-order valence-electron chi connectivity index (χ4n) is 3.60. The van der Waals surface area contributed by atoms with E-state index < -0.39 is 0 Å². The van der Waals surface area contributed by atoms with Gasteiger partial charge < -0.3 is 20.1 Å². The third-order valence-electron chi connectivity index (χ3n) is 5.66. The molecule has 6 heteroatoms. The zero-order valence-corrected chi connectivity index (χ0v) is 21.0. The molecule has 0 radical (unpaired) electrons. The van der Waals surface area contributed by atoms with E-state index in [1.54, 1.807) is 30.3 Å². The number of nitrogens with one attached hydrogen (secondary N) is 2. The smallest absolute Gasteiger partial charge is 0.255 e. The molecule has 34 heavy (non-hydrogen) atoms. The monoisotopic (exact) mass is 468 g/mol. The van der Waals surface area contributed by atoms with Crippen LogP contribution in [0.2, 0.25) is 0 Å². The average Bonchev–Trinajstić information content (AvgIpc) is 2.86.